The fourth-order valence-corrected chi connectivity index (χ4v) is 4.83. The molecule has 1 N–H and O–H groups in total. The molecule has 0 aromatic heterocycles. The quantitative estimate of drug-likeness (QED) is 0.854. The molecule has 0 atom stereocenters. The van der Waals surface area contributed by atoms with E-state index in [1.54, 1.807) is 16.4 Å². The number of anilines is 1. The van der Waals surface area contributed by atoms with Gasteiger partial charge in [-0.2, -0.15) is 4.31 Å². The third kappa shape index (κ3) is 3.92. The van der Waals surface area contributed by atoms with Gasteiger partial charge < -0.3 is 10.2 Å². The molecule has 2 aliphatic rings. The number of nitrogens with zero attached hydrogens (tertiary/aromatic N) is 2. The average molecular weight is 352 g/mol. The van der Waals surface area contributed by atoms with Crippen molar-refractivity contribution in [1.29, 1.82) is 0 Å². The van der Waals surface area contributed by atoms with Crippen LogP contribution in [0.2, 0.25) is 0 Å². The van der Waals surface area contributed by atoms with Crippen LogP contribution in [-0.4, -0.2) is 52.5 Å². The van der Waals surface area contributed by atoms with E-state index in [2.05, 4.69) is 5.32 Å². The summed E-state index contributed by atoms with van der Waals surface area (Å²) in [6, 6.07) is 5.89. The van der Waals surface area contributed by atoms with E-state index >= 15 is 0 Å². The molecule has 0 unspecified atom stereocenters. The van der Waals surface area contributed by atoms with Gasteiger partial charge in [0.15, 0.2) is 0 Å². The molecule has 0 spiro atoms. The summed E-state index contributed by atoms with van der Waals surface area (Å²) in [4.78, 5) is 2.36. The number of hydrogen-bond donors (Lipinski definition) is 1. The first-order valence-corrected chi connectivity index (χ1v) is 10.3. The van der Waals surface area contributed by atoms with Gasteiger partial charge in [-0.25, -0.2) is 8.42 Å². The molecule has 1 saturated heterocycles. The van der Waals surface area contributed by atoms with Crippen LogP contribution in [0.15, 0.2) is 23.1 Å². The second-order valence-corrected chi connectivity index (χ2v) is 9.31. The van der Waals surface area contributed by atoms with Gasteiger partial charge in [-0.15, -0.1) is 0 Å². The van der Waals surface area contributed by atoms with Gasteiger partial charge in [0.05, 0.1) is 4.90 Å². The predicted octanol–water partition coefficient (Wildman–Crippen LogP) is 2.21. The number of sulfonamides is 1. The highest BCUT2D eigenvalue weighted by Crippen LogP contribution is 2.29. The highest BCUT2D eigenvalue weighted by Gasteiger charge is 2.30. The zero-order valence-corrected chi connectivity index (χ0v) is 15.8. The summed E-state index contributed by atoms with van der Waals surface area (Å²) in [5.41, 5.74) is 2.04. The van der Waals surface area contributed by atoms with E-state index in [9.17, 15) is 8.42 Å². The smallest absolute Gasteiger partial charge is 0.243 e. The fourth-order valence-electron chi connectivity index (χ4n) is 3.34. The molecule has 1 aromatic rings. The normalized spacial score (nSPS) is 20.3. The summed E-state index contributed by atoms with van der Waals surface area (Å²) < 4.78 is 27.5. The lowest BCUT2D eigenvalue weighted by atomic mass is 10.1. The topological polar surface area (TPSA) is 52.7 Å². The van der Waals surface area contributed by atoms with E-state index in [1.807, 2.05) is 32.0 Å². The molecule has 3 rings (SSSR count). The third-order valence-corrected chi connectivity index (χ3v) is 7.04. The molecule has 1 aromatic carbocycles. The first-order chi connectivity index (χ1) is 11.4. The van der Waals surface area contributed by atoms with Crippen molar-refractivity contribution in [2.24, 2.45) is 5.92 Å². The summed E-state index contributed by atoms with van der Waals surface area (Å²) in [5, 5.41) is 3.60. The van der Waals surface area contributed by atoms with Crippen molar-refractivity contribution in [2.45, 2.75) is 43.5 Å². The van der Waals surface area contributed by atoms with Gasteiger partial charge >= 0.3 is 0 Å². The van der Waals surface area contributed by atoms with Gasteiger partial charge in [0.25, 0.3) is 0 Å². The Morgan fingerprint density at radius 3 is 2.42 bits per heavy atom. The van der Waals surface area contributed by atoms with Gasteiger partial charge in [0.2, 0.25) is 10.0 Å². The molecule has 24 heavy (non-hydrogen) atoms. The minimum atomic E-state index is -3.40. The van der Waals surface area contributed by atoms with Gasteiger partial charge in [0, 0.05) is 38.9 Å². The minimum absolute atomic E-state index is 0.404. The molecule has 6 heteroatoms. The standard InChI is InChI=1S/C18H29N3O2S/c1-14-4-7-17(12-18(14)20(2)3)24(22,23)21-10-8-16(9-11-21)19-13-15-5-6-15/h4,7,12,15-16,19H,5-6,8-11,13H2,1-3H3. The largest absolute Gasteiger partial charge is 0.377 e. The van der Waals surface area contributed by atoms with Gasteiger partial charge in [-0.1, -0.05) is 6.07 Å². The minimum Gasteiger partial charge on any atom is -0.377 e. The first kappa shape index (κ1) is 17.7. The monoisotopic (exact) mass is 351 g/mol. The van der Waals surface area contributed by atoms with E-state index in [0.29, 0.717) is 24.0 Å². The summed E-state index contributed by atoms with van der Waals surface area (Å²) >= 11 is 0. The van der Waals surface area contributed by atoms with Gasteiger partial charge in [-0.3, -0.25) is 0 Å². The Hall–Kier alpha value is -1.11. The lowest BCUT2D eigenvalue weighted by Crippen LogP contribution is -2.45. The van der Waals surface area contributed by atoms with Crippen LogP contribution in [0.25, 0.3) is 0 Å². The Bertz CT molecular complexity index is 676. The summed E-state index contributed by atoms with van der Waals surface area (Å²) in [6.07, 6.45) is 4.50. The molecule has 5 nitrogen and oxygen atoms in total. The number of piperidine rings is 1. The molecule has 1 aliphatic carbocycles. The van der Waals surface area contributed by atoms with Crippen molar-refractivity contribution in [2.75, 3.05) is 38.6 Å². The third-order valence-electron chi connectivity index (χ3n) is 5.15. The molecule has 0 amide bonds. The van der Waals surface area contributed by atoms with Crippen molar-refractivity contribution in [1.82, 2.24) is 9.62 Å². The van der Waals surface area contributed by atoms with E-state index in [1.165, 1.54) is 12.8 Å². The van der Waals surface area contributed by atoms with Crippen molar-refractivity contribution in [3.05, 3.63) is 23.8 Å². The van der Waals surface area contributed by atoms with Crippen LogP contribution in [0.3, 0.4) is 0 Å². The predicted molar refractivity (Wildman–Crippen MR) is 98.0 cm³/mol. The van der Waals surface area contributed by atoms with E-state index in [-0.39, 0.29) is 0 Å². The maximum Gasteiger partial charge on any atom is 0.243 e. The Labute approximate surface area is 146 Å². The summed E-state index contributed by atoms with van der Waals surface area (Å²) in [5.74, 6) is 0.865. The van der Waals surface area contributed by atoms with Crippen molar-refractivity contribution < 1.29 is 8.42 Å². The number of hydrogen-bond acceptors (Lipinski definition) is 4. The van der Waals surface area contributed by atoms with Crippen molar-refractivity contribution in [3.63, 3.8) is 0 Å². The fraction of sp³-hybridized carbons (Fsp3) is 0.667. The van der Waals surface area contributed by atoms with Crippen LogP contribution in [-0.2, 0) is 10.0 Å². The Kier molecular flexibility index (Phi) is 5.18. The molecular formula is C18H29N3O2S. The average Bonchev–Trinajstić information content (AvgIpc) is 3.37. The molecule has 0 radical (unpaired) electrons. The lowest BCUT2D eigenvalue weighted by Gasteiger charge is -2.32. The van der Waals surface area contributed by atoms with Crippen LogP contribution in [0, 0.1) is 12.8 Å². The number of aryl methyl sites for hydroxylation is 1. The zero-order chi connectivity index (χ0) is 17.3. The van der Waals surface area contributed by atoms with Crippen LogP contribution in [0.1, 0.15) is 31.2 Å². The Balaban J connectivity index is 1.66. The van der Waals surface area contributed by atoms with Crippen LogP contribution in [0.4, 0.5) is 5.69 Å². The molecule has 1 saturated carbocycles. The second-order valence-electron chi connectivity index (χ2n) is 7.37. The Morgan fingerprint density at radius 2 is 1.83 bits per heavy atom. The van der Waals surface area contributed by atoms with Gasteiger partial charge in [0.1, 0.15) is 0 Å². The highest BCUT2D eigenvalue weighted by atomic mass is 32.2. The first-order valence-electron chi connectivity index (χ1n) is 8.89. The van der Waals surface area contributed by atoms with Crippen molar-refractivity contribution in [3.8, 4) is 0 Å². The molecule has 1 heterocycles. The van der Waals surface area contributed by atoms with Crippen LogP contribution >= 0.6 is 0 Å². The molecule has 134 valence electrons. The van der Waals surface area contributed by atoms with Gasteiger partial charge in [-0.05, 0) is 62.8 Å². The summed E-state index contributed by atoms with van der Waals surface area (Å²) in [6.45, 7) is 4.32. The summed E-state index contributed by atoms with van der Waals surface area (Å²) in [7, 11) is 0.482. The number of nitrogens with one attached hydrogen (secondary N) is 1. The van der Waals surface area contributed by atoms with E-state index < -0.39 is 10.0 Å². The number of benzene rings is 1. The lowest BCUT2D eigenvalue weighted by molar-refractivity contribution is 0.288. The zero-order valence-electron chi connectivity index (χ0n) is 15.0. The molecule has 0 bridgehead atoms. The molecule has 2 fully saturated rings. The SMILES string of the molecule is Cc1ccc(S(=O)(=O)N2CCC(NCC3CC3)CC2)cc1N(C)C. The van der Waals surface area contributed by atoms with Crippen LogP contribution in [0.5, 0.6) is 0 Å². The molecule has 1 aliphatic heterocycles. The number of rotatable bonds is 6. The van der Waals surface area contributed by atoms with Crippen LogP contribution < -0.4 is 10.2 Å². The van der Waals surface area contributed by atoms with E-state index in [0.717, 1.165) is 36.6 Å². The highest BCUT2D eigenvalue weighted by molar-refractivity contribution is 7.89. The second kappa shape index (κ2) is 7.02. The molecular weight excluding hydrogens is 322 g/mol. The maximum atomic E-state index is 12.9. The maximum absolute atomic E-state index is 12.9. The Morgan fingerprint density at radius 1 is 1.17 bits per heavy atom. The van der Waals surface area contributed by atoms with E-state index in [4.69, 9.17) is 0 Å². The van der Waals surface area contributed by atoms with Crippen molar-refractivity contribution >= 4 is 15.7 Å².